The van der Waals surface area contributed by atoms with Crippen LogP contribution >= 0.6 is 0 Å². The van der Waals surface area contributed by atoms with E-state index in [1.807, 2.05) is 84.0 Å². The molecular weight excluding hydrogens is 464 g/mol. The molecule has 0 unspecified atom stereocenters. The zero-order valence-electron chi connectivity index (χ0n) is 20.8. The summed E-state index contributed by atoms with van der Waals surface area (Å²) in [6.45, 7) is 0. The molecule has 0 saturated carbocycles. The lowest BCUT2D eigenvalue weighted by molar-refractivity contribution is 1.09. The third-order valence-corrected chi connectivity index (χ3v) is 6.30. The number of anilines is 5. The van der Waals surface area contributed by atoms with Crippen LogP contribution in [0.2, 0.25) is 0 Å². The summed E-state index contributed by atoms with van der Waals surface area (Å²) in [6, 6.07) is 51.5. The van der Waals surface area contributed by atoms with Gasteiger partial charge in [-0.15, -0.1) is 0 Å². The predicted molar refractivity (Wildman–Crippen MR) is 159 cm³/mol. The molecule has 0 atom stereocenters. The topological polar surface area (TPSA) is 31.7 Å². The van der Waals surface area contributed by atoms with Gasteiger partial charge in [-0.3, -0.25) is 4.90 Å². The Morgan fingerprint density at radius 2 is 1.00 bits per heavy atom. The Kier molecular flexibility index (Phi) is 6.60. The van der Waals surface area contributed by atoms with Crippen molar-refractivity contribution in [3.05, 3.63) is 157 Å². The molecule has 6 aromatic rings. The van der Waals surface area contributed by atoms with E-state index in [4.69, 9.17) is 10.1 Å². The Morgan fingerprint density at radius 3 is 1.63 bits per heavy atom. The summed E-state index contributed by atoms with van der Waals surface area (Å²) in [5.74, 6) is 0.871. The van der Waals surface area contributed by atoms with Crippen molar-refractivity contribution in [1.82, 2.24) is 4.98 Å². The molecule has 0 aliphatic carbocycles. The van der Waals surface area contributed by atoms with Crippen molar-refractivity contribution in [2.75, 3.05) is 9.91 Å². The van der Waals surface area contributed by atoms with Gasteiger partial charge in [-0.2, -0.15) is 5.10 Å². The fraction of sp³-hybridized carbons (Fsp3) is 0. The normalized spacial score (nSPS) is 11.1. The van der Waals surface area contributed by atoms with Crippen molar-refractivity contribution in [3.8, 4) is 0 Å². The largest absolute Gasteiger partial charge is 0.295 e. The van der Waals surface area contributed by atoms with E-state index in [1.54, 1.807) is 0 Å². The third kappa shape index (κ3) is 5.01. The van der Waals surface area contributed by atoms with Crippen molar-refractivity contribution in [2.45, 2.75) is 0 Å². The molecule has 0 radical (unpaired) electrons. The maximum absolute atomic E-state index is 4.97. The van der Waals surface area contributed by atoms with Gasteiger partial charge < -0.3 is 0 Å². The molecule has 4 heteroatoms. The number of aromatic nitrogens is 1. The van der Waals surface area contributed by atoms with Gasteiger partial charge in [0.05, 0.1) is 23.1 Å². The summed E-state index contributed by atoms with van der Waals surface area (Å²) in [5.41, 5.74) is 6.06. The average Bonchev–Trinajstić information content (AvgIpc) is 3.00. The molecule has 0 N–H and O–H groups in total. The van der Waals surface area contributed by atoms with E-state index in [9.17, 15) is 0 Å². The molecule has 0 bridgehead atoms. The van der Waals surface area contributed by atoms with Crippen LogP contribution in [0.25, 0.3) is 10.9 Å². The Hall–Kier alpha value is -5.22. The lowest BCUT2D eigenvalue weighted by Gasteiger charge is -2.24. The molecule has 5 aromatic carbocycles. The van der Waals surface area contributed by atoms with Crippen LogP contribution in [0.3, 0.4) is 0 Å². The van der Waals surface area contributed by atoms with E-state index in [-0.39, 0.29) is 0 Å². The molecule has 1 aromatic heterocycles. The zero-order chi connectivity index (χ0) is 25.6. The van der Waals surface area contributed by atoms with Crippen molar-refractivity contribution < 1.29 is 0 Å². The van der Waals surface area contributed by atoms with Gasteiger partial charge in [0.15, 0.2) is 0 Å². The molecule has 0 spiro atoms. The fourth-order valence-corrected chi connectivity index (χ4v) is 4.43. The standard InChI is InChI=1S/C34H26N4/c1-4-13-29(14-5-1)37(34-25-22-28-12-10-11-19-33(28)36-34)30-23-20-27(21-24-30)26-35-38(31-15-6-2-7-16-31)32-17-8-3-9-18-32/h1-26H. The van der Waals surface area contributed by atoms with Crippen LogP contribution < -0.4 is 9.91 Å². The second-order valence-corrected chi connectivity index (χ2v) is 8.85. The highest BCUT2D eigenvalue weighted by Crippen LogP contribution is 2.34. The van der Waals surface area contributed by atoms with Gasteiger partial charge in [0, 0.05) is 16.8 Å². The SMILES string of the molecule is C(=NN(c1ccccc1)c1ccccc1)c1ccc(N(c2ccccc2)c2ccc3ccccc3n2)cc1. The van der Waals surface area contributed by atoms with Crippen molar-refractivity contribution in [1.29, 1.82) is 0 Å². The first kappa shape index (κ1) is 23.2. The van der Waals surface area contributed by atoms with E-state index in [2.05, 4.69) is 83.8 Å². The lowest BCUT2D eigenvalue weighted by Crippen LogP contribution is -2.11. The molecule has 1 heterocycles. The zero-order valence-corrected chi connectivity index (χ0v) is 20.8. The first-order chi connectivity index (χ1) is 18.8. The summed E-state index contributed by atoms with van der Waals surface area (Å²) >= 11 is 0. The minimum Gasteiger partial charge on any atom is -0.295 e. The maximum atomic E-state index is 4.97. The highest BCUT2D eigenvalue weighted by molar-refractivity contribution is 5.86. The van der Waals surface area contributed by atoms with Crippen LogP contribution in [0.5, 0.6) is 0 Å². The number of pyridine rings is 1. The Morgan fingerprint density at radius 1 is 0.474 bits per heavy atom. The Bertz CT molecular complexity index is 1610. The van der Waals surface area contributed by atoms with Gasteiger partial charge in [-0.25, -0.2) is 9.99 Å². The molecule has 0 aliphatic heterocycles. The number of fused-ring (bicyclic) bond motifs is 1. The van der Waals surface area contributed by atoms with Crippen LogP contribution in [0.4, 0.5) is 28.6 Å². The first-order valence-electron chi connectivity index (χ1n) is 12.6. The van der Waals surface area contributed by atoms with Crippen molar-refractivity contribution in [3.63, 3.8) is 0 Å². The number of benzene rings is 5. The van der Waals surface area contributed by atoms with E-state index >= 15 is 0 Å². The van der Waals surface area contributed by atoms with Gasteiger partial charge >= 0.3 is 0 Å². The first-order valence-corrected chi connectivity index (χ1v) is 12.6. The smallest absolute Gasteiger partial charge is 0.138 e. The van der Waals surface area contributed by atoms with Crippen LogP contribution in [-0.2, 0) is 0 Å². The second-order valence-electron chi connectivity index (χ2n) is 8.85. The maximum Gasteiger partial charge on any atom is 0.138 e. The minimum absolute atomic E-state index is 0.871. The van der Waals surface area contributed by atoms with Gasteiger partial charge in [0.1, 0.15) is 5.82 Å². The predicted octanol–water partition coefficient (Wildman–Crippen LogP) is 8.88. The van der Waals surface area contributed by atoms with Crippen molar-refractivity contribution in [2.24, 2.45) is 5.10 Å². The highest BCUT2D eigenvalue weighted by Gasteiger charge is 2.14. The summed E-state index contributed by atoms with van der Waals surface area (Å²) in [6.07, 6.45) is 1.89. The molecule has 0 fully saturated rings. The van der Waals surface area contributed by atoms with Crippen LogP contribution in [0.15, 0.2) is 157 Å². The molecule has 182 valence electrons. The number of nitrogens with zero attached hydrogens (tertiary/aromatic N) is 4. The van der Waals surface area contributed by atoms with E-state index in [1.165, 1.54) is 0 Å². The average molecular weight is 491 g/mol. The minimum atomic E-state index is 0.871. The van der Waals surface area contributed by atoms with Crippen LogP contribution in [-0.4, -0.2) is 11.2 Å². The Balaban J connectivity index is 1.33. The fourth-order valence-electron chi connectivity index (χ4n) is 4.43. The molecule has 0 amide bonds. The molecule has 4 nitrogen and oxygen atoms in total. The highest BCUT2D eigenvalue weighted by atomic mass is 15.5. The third-order valence-electron chi connectivity index (χ3n) is 6.30. The molecular formula is C34H26N4. The van der Waals surface area contributed by atoms with Gasteiger partial charge in [-0.1, -0.05) is 84.9 Å². The van der Waals surface area contributed by atoms with Gasteiger partial charge in [0.25, 0.3) is 0 Å². The van der Waals surface area contributed by atoms with E-state index in [0.717, 1.165) is 45.0 Å². The van der Waals surface area contributed by atoms with Crippen LogP contribution in [0, 0.1) is 0 Å². The Labute approximate surface area is 222 Å². The summed E-state index contributed by atoms with van der Waals surface area (Å²) < 4.78 is 0. The number of hydrazone groups is 1. The molecule has 38 heavy (non-hydrogen) atoms. The van der Waals surface area contributed by atoms with Crippen molar-refractivity contribution >= 4 is 45.7 Å². The van der Waals surface area contributed by atoms with E-state index < -0.39 is 0 Å². The number of rotatable bonds is 7. The summed E-state index contributed by atoms with van der Waals surface area (Å²) in [7, 11) is 0. The molecule has 6 rings (SSSR count). The molecule has 0 saturated heterocycles. The second kappa shape index (κ2) is 10.8. The van der Waals surface area contributed by atoms with E-state index in [0.29, 0.717) is 0 Å². The summed E-state index contributed by atoms with van der Waals surface area (Å²) in [4.78, 5) is 7.14. The number of hydrogen-bond acceptors (Lipinski definition) is 4. The molecule has 0 aliphatic rings. The monoisotopic (exact) mass is 490 g/mol. The van der Waals surface area contributed by atoms with Gasteiger partial charge in [-0.05, 0) is 72.3 Å². The quantitative estimate of drug-likeness (QED) is 0.165. The summed E-state index contributed by atoms with van der Waals surface area (Å²) in [5, 5.41) is 7.91. The number of para-hydroxylation sites is 4. The number of hydrogen-bond donors (Lipinski definition) is 0. The lowest BCUT2D eigenvalue weighted by atomic mass is 10.1. The van der Waals surface area contributed by atoms with Gasteiger partial charge in [0.2, 0.25) is 0 Å². The van der Waals surface area contributed by atoms with Crippen LogP contribution in [0.1, 0.15) is 5.56 Å².